The van der Waals surface area contributed by atoms with Gasteiger partial charge < -0.3 is 10.1 Å². The summed E-state index contributed by atoms with van der Waals surface area (Å²) in [5, 5.41) is 2.84. The molecule has 0 aromatic heterocycles. The Morgan fingerprint density at radius 3 is 2.35 bits per heavy atom. The van der Waals surface area contributed by atoms with Crippen LogP contribution in [0.5, 0.6) is 5.75 Å². The normalized spacial score (nSPS) is 11.0. The number of alkyl halides is 3. The molecule has 0 heterocycles. The second-order valence-electron chi connectivity index (χ2n) is 4.36. The van der Waals surface area contributed by atoms with E-state index < -0.39 is 29.0 Å². The van der Waals surface area contributed by atoms with Gasteiger partial charge in [0.15, 0.2) is 5.75 Å². The zero-order chi connectivity index (χ0) is 17.0. The first-order chi connectivity index (χ1) is 10.8. The van der Waals surface area contributed by atoms with Crippen molar-refractivity contribution in [2.75, 3.05) is 5.32 Å². The molecular weight excluding hydrogens is 335 g/mol. The second-order valence-corrected chi connectivity index (χ2v) is 4.79. The van der Waals surface area contributed by atoms with Gasteiger partial charge in [0.1, 0.15) is 0 Å². The van der Waals surface area contributed by atoms with Crippen LogP contribution >= 0.6 is 11.6 Å². The summed E-state index contributed by atoms with van der Waals surface area (Å²) in [6.07, 6.45) is -4.77. The van der Waals surface area contributed by atoms with Crippen molar-refractivity contribution in [3.8, 4) is 5.75 Å². The quantitative estimate of drug-likeness (QED) is 0.849. The van der Waals surface area contributed by atoms with Crippen LogP contribution < -0.4 is 10.1 Å². The van der Waals surface area contributed by atoms with E-state index in [1.165, 1.54) is 24.3 Å². The van der Waals surface area contributed by atoms with Crippen molar-refractivity contribution in [3.05, 3.63) is 58.6 Å². The number of carbonyl (C=O) groups excluding carboxylic acids is 2. The highest BCUT2D eigenvalue weighted by atomic mass is 35.5. The molecule has 0 bridgehead atoms. The molecule has 2 rings (SSSR count). The zero-order valence-electron chi connectivity index (χ0n) is 11.4. The van der Waals surface area contributed by atoms with Gasteiger partial charge in [0.25, 0.3) is 12.4 Å². The van der Waals surface area contributed by atoms with Gasteiger partial charge in [0.2, 0.25) is 0 Å². The molecule has 0 aliphatic carbocycles. The van der Waals surface area contributed by atoms with Gasteiger partial charge in [-0.1, -0.05) is 17.7 Å². The maximum atomic E-state index is 12.9. The number of hydrogen-bond donors (Lipinski definition) is 1. The molecule has 2 aromatic rings. The van der Waals surface area contributed by atoms with Crippen LogP contribution in [0.4, 0.5) is 18.9 Å². The van der Waals surface area contributed by atoms with Gasteiger partial charge in [-0.25, -0.2) is 0 Å². The smallest absolute Gasteiger partial charge is 0.420 e. The molecule has 0 fully saturated rings. The molecule has 23 heavy (non-hydrogen) atoms. The molecule has 1 N–H and O–H groups in total. The fourth-order valence-electron chi connectivity index (χ4n) is 1.85. The van der Waals surface area contributed by atoms with Gasteiger partial charge in [0, 0.05) is 10.7 Å². The van der Waals surface area contributed by atoms with Crippen LogP contribution in [-0.4, -0.2) is 12.4 Å². The zero-order valence-corrected chi connectivity index (χ0v) is 12.1. The summed E-state index contributed by atoms with van der Waals surface area (Å²) in [7, 11) is 0. The van der Waals surface area contributed by atoms with Crippen LogP contribution in [0.25, 0.3) is 0 Å². The van der Waals surface area contributed by atoms with Gasteiger partial charge in [-0.15, -0.1) is 0 Å². The van der Waals surface area contributed by atoms with E-state index in [2.05, 4.69) is 10.1 Å². The molecule has 0 saturated carbocycles. The SMILES string of the molecule is O=COc1c(C(=O)Nc2ccc(Cl)cc2)cccc1C(F)(F)F. The van der Waals surface area contributed by atoms with Crippen molar-refractivity contribution in [2.45, 2.75) is 6.18 Å². The summed E-state index contributed by atoms with van der Waals surface area (Å²) >= 11 is 5.71. The molecule has 4 nitrogen and oxygen atoms in total. The number of carbonyl (C=O) groups is 2. The molecule has 0 unspecified atom stereocenters. The largest absolute Gasteiger partial charge is 0.427 e. The van der Waals surface area contributed by atoms with E-state index in [1.54, 1.807) is 0 Å². The number of hydrogen-bond acceptors (Lipinski definition) is 3. The molecule has 0 spiro atoms. The number of para-hydroxylation sites is 1. The lowest BCUT2D eigenvalue weighted by Crippen LogP contribution is -2.17. The summed E-state index contributed by atoms with van der Waals surface area (Å²) in [4.78, 5) is 22.7. The van der Waals surface area contributed by atoms with E-state index in [0.717, 1.165) is 18.2 Å². The third kappa shape index (κ3) is 4.01. The van der Waals surface area contributed by atoms with Crippen LogP contribution in [0.15, 0.2) is 42.5 Å². The van der Waals surface area contributed by atoms with E-state index in [-0.39, 0.29) is 6.47 Å². The van der Waals surface area contributed by atoms with Crippen molar-refractivity contribution in [3.63, 3.8) is 0 Å². The predicted molar refractivity (Wildman–Crippen MR) is 77.5 cm³/mol. The lowest BCUT2D eigenvalue weighted by molar-refractivity contribution is -0.139. The summed E-state index contributed by atoms with van der Waals surface area (Å²) in [6, 6.07) is 8.87. The highest BCUT2D eigenvalue weighted by Gasteiger charge is 2.36. The number of ether oxygens (including phenoxy) is 1. The molecule has 1 amide bonds. The van der Waals surface area contributed by atoms with Gasteiger partial charge in [-0.05, 0) is 36.4 Å². The van der Waals surface area contributed by atoms with Crippen LogP contribution in [0.2, 0.25) is 5.02 Å². The van der Waals surface area contributed by atoms with Crippen molar-refractivity contribution in [1.82, 2.24) is 0 Å². The fraction of sp³-hybridized carbons (Fsp3) is 0.0667. The van der Waals surface area contributed by atoms with Crippen LogP contribution in [0.3, 0.4) is 0 Å². The molecule has 0 aliphatic heterocycles. The minimum Gasteiger partial charge on any atom is -0.427 e. The Kier molecular flexibility index (Phi) is 4.90. The topological polar surface area (TPSA) is 55.4 Å². The predicted octanol–water partition coefficient (Wildman–Crippen LogP) is 4.15. The van der Waals surface area contributed by atoms with Crippen LogP contribution in [-0.2, 0) is 11.0 Å². The standard InChI is InChI=1S/C15H9ClF3NO3/c16-9-4-6-10(7-5-9)20-14(22)11-2-1-3-12(15(17,18)19)13(11)23-8-21/h1-8H,(H,20,22). The average Bonchev–Trinajstić information content (AvgIpc) is 2.49. The summed E-state index contributed by atoms with van der Waals surface area (Å²) in [6.45, 7) is -0.163. The lowest BCUT2D eigenvalue weighted by Gasteiger charge is -2.14. The maximum absolute atomic E-state index is 12.9. The van der Waals surface area contributed by atoms with Crippen molar-refractivity contribution >= 4 is 29.7 Å². The van der Waals surface area contributed by atoms with Crippen molar-refractivity contribution in [1.29, 1.82) is 0 Å². The monoisotopic (exact) mass is 343 g/mol. The first-order valence-corrected chi connectivity index (χ1v) is 6.58. The number of benzene rings is 2. The summed E-state index contributed by atoms with van der Waals surface area (Å²) < 4.78 is 43.2. The second kappa shape index (κ2) is 6.70. The van der Waals surface area contributed by atoms with E-state index >= 15 is 0 Å². The highest BCUT2D eigenvalue weighted by Crippen LogP contribution is 2.38. The Labute approximate surface area is 133 Å². The Morgan fingerprint density at radius 1 is 1.13 bits per heavy atom. The van der Waals surface area contributed by atoms with Crippen LogP contribution in [0, 0.1) is 0 Å². The number of halogens is 4. The molecule has 0 saturated heterocycles. The Hall–Kier alpha value is -2.54. The molecular formula is C15H9ClF3NO3. The van der Waals surface area contributed by atoms with Crippen molar-refractivity contribution < 1.29 is 27.5 Å². The minimum absolute atomic E-state index is 0.163. The molecule has 8 heteroatoms. The van der Waals surface area contributed by atoms with Gasteiger partial charge >= 0.3 is 6.18 Å². The molecule has 0 atom stereocenters. The minimum atomic E-state index is -4.77. The van der Waals surface area contributed by atoms with Gasteiger partial charge in [0.05, 0.1) is 11.1 Å². The summed E-state index contributed by atoms with van der Waals surface area (Å²) in [5.41, 5.74) is -1.30. The fourth-order valence-corrected chi connectivity index (χ4v) is 1.97. The molecule has 0 aliphatic rings. The van der Waals surface area contributed by atoms with Gasteiger partial charge in [-0.2, -0.15) is 13.2 Å². The molecule has 0 radical (unpaired) electrons. The third-order valence-electron chi connectivity index (χ3n) is 2.83. The first-order valence-electron chi connectivity index (χ1n) is 6.20. The number of rotatable bonds is 4. The molecule has 2 aromatic carbocycles. The highest BCUT2D eigenvalue weighted by molar-refractivity contribution is 6.30. The van der Waals surface area contributed by atoms with E-state index in [1.807, 2.05) is 0 Å². The Balaban J connectivity index is 2.39. The van der Waals surface area contributed by atoms with E-state index in [0.29, 0.717) is 10.7 Å². The Bertz CT molecular complexity index is 730. The third-order valence-corrected chi connectivity index (χ3v) is 3.09. The van der Waals surface area contributed by atoms with E-state index in [4.69, 9.17) is 11.6 Å². The maximum Gasteiger partial charge on any atom is 0.420 e. The van der Waals surface area contributed by atoms with E-state index in [9.17, 15) is 22.8 Å². The summed E-state index contributed by atoms with van der Waals surface area (Å²) in [5.74, 6) is -1.70. The molecule has 120 valence electrons. The Morgan fingerprint density at radius 2 is 1.78 bits per heavy atom. The number of amides is 1. The van der Waals surface area contributed by atoms with Crippen molar-refractivity contribution in [2.24, 2.45) is 0 Å². The number of nitrogens with one attached hydrogen (secondary N) is 1. The van der Waals surface area contributed by atoms with Crippen LogP contribution in [0.1, 0.15) is 15.9 Å². The average molecular weight is 344 g/mol. The number of anilines is 1. The first kappa shape index (κ1) is 16.8. The van der Waals surface area contributed by atoms with Gasteiger partial charge in [-0.3, -0.25) is 9.59 Å². The lowest BCUT2D eigenvalue weighted by atomic mass is 10.1.